The van der Waals surface area contributed by atoms with E-state index in [2.05, 4.69) is 25.7 Å². The summed E-state index contributed by atoms with van der Waals surface area (Å²) in [6.07, 6.45) is 2.42. The summed E-state index contributed by atoms with van der Waals surface area (Å²) in [5, 5.41) is 10.4. The quantitative estimate of drug-likeness (QED) is 0.877. The van der Waals surface area contributed by atoms with Gasteiger partial charge in [0.1, 0.15) is 6.04 Å². The third-order valence-electron chi connectivity index (χ3n) is 4.40. The van der Waals surface area contributed by atoms with Crippen molar-refractivity contribution in [3.05, 3.63) is 28.8 Å². The van der Waals surface area contributed by atoms with Crippen LogP contribution in [0.4, 0.5) is 5.69 Å². The molecule has 0 radical (unpaired) electrons. The van der Waals surface area contributed by atoms with Gasteiger partial charge >= 0.3 is 5.97 Å². The minimum atomic E-state index is -0.750. The number of hydrogen-bond acceptors (Lipinski definition) is 2. The van der Waals surface area contributed by atoms with Crippen LogP contribution >= 0.6 is 11.6 Å². The predicted octanol–water partition coefficient (Wildman–Crippen LogP) is 4.69. The monoisotopic (exact) mass is 309 g/mol. The summed E-state index contributed by atoms with van der Waals surface area (Å²) >= 11 is 6.13. The fourth-order valence-corrected chi connectivity index (χ4v) is 3.83. The zero-order valence-corrected chi connectivity index (χ0v) is 13.9. The highest BCUT2D eigenvalue weighted by Crippen LogP contribution is 2.45. The number of hydrogen-bond donors (Lipinski definition) is 1. The molecule has 0 spiro atoms. The molecule has 21 heavy (non-hydrogen) atoms. The van der Waals surface area contributed by atoms with Crippen molar-refractivity contribution >= 4 is 23.3 Å². The van der Waals surface area contributed by atoms with E-state index >= 15 is 0 Å². The highest BCUT2D eigenvalue weighted by molar-refractivity contribution is 6.30. The van der Waals surface area contributed by atoms with E-state index in [0.29, 0.717) is 17.4 Å². The molecule has 0 aromatic heterocycles. The van der Waals surface area contributed by atoms with E-state index in [1.54, 1.807) is 0 Å². The highest BCUT2D eigenvalue weighted by Gasteiger charge is 2.42. The van der Waals surface area contributed by atoms with Gasteiger partial charge in [0.2, 0.25) is 0 Å². The van der Waals surface area contributed by atoms with E-state index in [1.807, 2.05) is 25.1 Å². The second-order valence-electron chi connectivity index (χ2n) is 6.63. The number of anilines is 1. The Morgan fingerprint density at radius 1 is 1.52 bits per heavy atom. The lowest BCUT2D eigenvalue weighted by atomic mass is 9.79. The van der Waals surface area contributed by atoms with Gasteiger partial charge in [-0.3, -0.25) is 0 Å². The van der Waals surface area contributed by atoms with Crippen LogP contribution in [0.3, 0.4) is 0 Å². The van der Waals surface area contributed by atoms with Gasteiger partial charge in [-0.05, 0) is 56.4 Å². The van der Waals surface area contributed by atoms with Crippen molar-refractivity contribution in [3.8, 4) is 0 Å². The SMILES string of the molecule is CCC[C@@H](C(=O)O)N1c2ccc(Cl)cc2[C@@H](C)CC1(C)C. The average molecular weight is 310 g/mol. The van der Waals surface area contributed by atoms with Gasteiger partial charge < -0.3 is 10.0 Å². The van der Waals surface area contributed by atoms with E-state index in [4.69, 9.17) is 11.6 Å². The zero-order chi connectivity index (χ0) is 15.8. The summed E-state index contributed by atoms with van der Waals surface area (Å²) < 4.78 is 0. The molecule has 2 rings (SSSR count). The zero-order valence-electron chi connectivity index (χ0n) is 13.2. The van der Waals surface area contributed by atoms with Crippen LogP contribution in [0.5, 0.6) is 0 Å². The molecular weight excluding hydrogens is 286 g/mol. The number of carbonyl (C=O) groups is 1. The van der Waals surface area contributed by atoms with Gasteiger partial charge in [0.15, 0.2) is 0 Å². The first-order valence-electron chi connectivity index (χ1n) is 7.59. The largest absolute Gasteiger partial charge is 0.480 e. The molecule has 0 amide bonds. The Morgan fingerprint density at radius 3 is 2.76 bits per heavy atom. The van der Waals surface area contributed by atoms with Crippen molar-refractivity contribution in [2.75, 3.05) is 4.90 Å². The lowest BCUT2D eigenvalue weighted by molar-refractivity contribution is -0.139. The number of carboxylic acid groups (broad SMARTS) is 1. The summed E-state index contributed by atoms with van der Waals surface area (Å²) in [6, 6.07) is 5.32. The Balaban J connectivity index is 2.56. The van der Waals surface area contributed by atoms with Gasteiger partial charge in [-0.25, -0.2) is 4.79 Å². The second kappa shape index (κ2) is 5.88. The number of benzene rings is 1. The lowest BCUT2D eigenvalue weighted by Gasteiger charge is -2.50. The molecule has 1 aliphatic rings. The van der Waals surface area contributed by atoms with Crippen LogP contribution < -0.4 is 4.90 Å². The number of halogens is 1. The molecule has 3 nitrogen and oxygen atoms in total. The molecule has 4 heteroatoms. The van der Waals surface area contributed by atoms with Crippen molar-refractivity contribution in [1.82, 2.24) is 0 Å². The topological polar surface area (TPSA) is 40.5 Å². The molecule has 1 aromatic carbocycles. The molecule has 0 fully saturated rings. The number of aliphatic carboxylic acids is 1. The van der Waals surface area contributed by atoms with E-state index in [9.17, 15) is 9.90 Å². The Labute approximate surface area is 131 Å². The molecule has 0 aliphatic carbocycles. The Morgan fingerprint density at radius 2 is 2.19 bits per heavy atom. The van der Waals surface area contributed by atoms with Gasteiger partial charge in [-0.1, -0.05) is 31.9 Å². The number of carboxylic acids is 1. The van der Waals surface area contributed by atoms with Gasteiger partial charge in [-0.15, -0.1) is 0 Å². The van der Waals surface area contributed by atoms with Gasteiger partial charge in [0.05, 0.1) is 0 Å². The molecule has 0 unspecified atom stereocenters. The molecule has 0 bridgehead atoms. The first-order valence-corrected chi connectivity index (χ1v) is 7.97. The molecule has 116 valence electrons. The fourth-order valence-electron chi connectivity index (χ4n) is 3.65. The first-order chi connectivity index (χ1) is 9.77. The summed E-state index contributed by atoms with van der Waals surface area (Å²) in [5.41, 5.74) is 1.99. The van der Waals surface area contributed by atoms with Crippen LogP contribution in [0.2, 0.25) is 5.02 Å². The minimum absolute atomic E-state index is 0.182. The third kappa shape index (κ3) is 3.03. The van der Waals surface area contributed by atoms with Crippen LogP contribution in [0.1, 0.15) is 58.4 Å². The minimum Gasteiger partial charge on any atom is -0.480 e. The van der Waals surface area contributed by atoms with Gasteiger partial charge in [-0.2, -0.15) is 0 Å². The Hall–Kier alpha value is -1.22. The maximum Gasteiger partial charge on any atom is 0.326 e. The molecule has 0 saturated carbocycles. The summed E-state index contributed by atoms with van der Waals surface area (Å²) in [7, 11) is 0. The molecule has 1 N–H and O–H groups in total. The predicted molar refractivity (Wildman–Crippen MR) is 87.4 cm³/mol. The summed E-state index contributed by atoms with van der Waals surface area (Å²) in [5.74, 6) is -0.374. The molecular formula is C17H24ClNO2. The maximum atomic E-state index is 11.8. The number of rotatable bonds is 4. The van der Waals surface area contributed by atoms with Gasteiger partial charge in [0, 0.05) is 16.2 Å². The van der Waals surface area contributed by atoms with Crippen molar-refractivity contribution in [2.45, 2.75) is 64.5 Å². The standard InChI is InChI=1S/C17H24ClNO2/c1-5-6-15(16(20)21)19-14-8-7-12(18)9-13(14)11(2)10-17(19,3)4/h7-9,11,15H,5-6,10H2,1-4H3,(H,20,21)/t11-,15-/m0/s1. The number of nitrogens with zero attached hydrogens (tertiary/aromatic N) is 1. The van der Waals surface area contributed by atoms with E-state index < -0.39 is 12.0 Å². The van der Waals surface area contributed by atoms with Gasteiger partial charge in [0.25, 0.3) is 0 Å². The van der Waals surface area contributed by atoms with E-state index in [-0.39, 0.29) is 5.54 Å². The van der Waals surface area contributed by atoms with Crippen LogP contribution in [0, 0.1) is 0 Å². The highest BCUT2D eigenvalue weighted by atomic mass is 35.5. The Kier molecular flexibility index (Phi) is 4.52. The lowest BCUT2D eigenvalue weighted by Crippen LogP contribution is -2.56. The van der Waals surface area contributed by atoms with Crippen molar-refractivity contribution in [3.63, 3.8) is 0 Å². The van der Waals surface area contributed by atoms with Crippen LogP contribution in [-0.4, -0.2) is 22.7 Å². The molecule has 2 atom stereocenters. The van der Waals surface area contributed by atoms with Crippen molar-refractivity contribution < 1.29 is 9.90 Å². The fraction of sp³-hybridized carbons (Fsp3) is 0.588. The van der Waals surface area contributed by atoms with E-state index in [1.165, 1.54) is 0 Å². The van der Waals surface area contributed by atoms with Crippen molar-refractivity contribution in [1.29, 1.82) is 0 Å². The van der Waals surface area contributed by atoms with E-state index in [0.717, 1.165) is 24.1 Å². The molecule has 1 heterocycles. The summed E-state index contributed by atoms with van der Waals surface area (Å²) in [6.45, 7) is 8.47. The second-order valence-corrected chi connectivity index (χ2v) is 7.07. The van der Waals surface area contributed by atoms with Crippen LogP contribution in [0.15, 0.2) is 18.2 Å². The number of fused-ring (bicyclic) bond motifs is 1. The molecule has 1 aliphatic heterocycles. The normalized spacial score (nSPS) is 21.8. The van der Waals surface area contributed by atoms with Crippen LogP contribution in [0.25, 0.3) is 0 Å². The molecule has 0 saturated heterocycles. The first kappa shape index (κ1) is 16.2. The smallest absolute Gasteiger partial charge is 0.326 e. The Bertz CT molecular complexity index is 542. The van der Waals surface area contributed by atoms with Crippen molar-refractivity contribution in [2.24, 2.45) is 0 Å². The summed E-state index contributed by atoms with van der Waals surface area (Å²) in [4.78, 5) is 13.9. The molecule has 1 aromatic rings. The third-order valence-corrected chi connectivity index (χ3v) is 4.63. The maximum absolute atomic E-state index is 11.8. The van der Waals surface area contributed by atoms with Crippen LogP contribution in [-0.2, 0) is 4.79 Å². The average Bonchev–Trinajstić information content (AvgIpc) is 2.37.